The number of carbonyl (C=O) groups is 1. The average molecular weight is 592 g/mol. The molecule has 0 fully saturated rings. The van der Waals surface area contributed by atoms with Gasteiger partial charge in [-0.25, -0.2) is 10.4 Å². The quantitative estimate of drug-likeness (QED) is 0.174. The summed E-state index contributed by atoms with van der Waals surface area (Å²) in [7, 11) is 0. The lowest BCUT2D eigenvalue weighted by Crippen LogP contribution is -2.34. The number of hydrazine groups is 1. The first-order valence-corrected chi connectivity index (χ1v) is 13.9. The van der Waals surface area contributed by atoms with E-state index in [2.05, 4.69) is 73.5 Å². The molecule has 1 aromatic heterocycles. The topological polar surface area (TPSA) is 93.7 Å². The fourth-order valence-corrected chi connectivity index (χ4v) is 6.05. The summed E-state index contributed by atoms with van der Waals surface area (Å²) in [6.45, 7) is 5.83. The number of hydrogen-bond donors (Lipinski definition) is 3. The highest BCUT2D eigenvalue weighted by Crippen LogP contribution is 2.52. The zero-order chi connectivity index (χ0) is 27.1. The summed E-state index contributed by atoms with van der Waals surface area (Å²) in [6, 6.07) is 14.7. The minimum absolute atomic E-state index is 0.0401. The Morgan fingerprint density at radius 3 is 2.67 bits per heavy atom. The van der Waals surface area contributed by atoms with Crippen LogP contribution in [0, 0.1) is 5.92 Å². The Hall–Kier alpha value is -3.56. The zero-order valence-electron chi connectivity index (χ0n) is 22.1. The van der Waals surface area contributed by atoms with Gasteiger partial charge in [-0.15, -0.1) is 0 Å². The fraction of sp³-hybridized carbons (Fsp3) is 0.333. The Morgan fingerprint density at radius 1 is 1.10 bits per heavy atom. The number of allylic oxidation sites excluding steroid dienone is 2. The number of fused-ring (bicyclic) bond motifs is 4. The van der Waals surface area contributed by atoms with Crippen LogP contribution < -0.4 is 25.6 Å². The van der Waals surface area contributed by atoms with Crippen LogP contribution in [0.1, 0.15) is 50.3 Å². The molecule has 0 bridgehead atoms. The molecule has 3 atom stereocenters. The number of nitrogens with one attached hydrogen (secondary N) is 3. The van der Waals surface area contributed by atoms with E-state index in [1.54, 1.807) is 0 Å². The molecule has 3 N–H and O–H groups in total. The molecule has 2 aromatic carbocycles. The lowest BCUT2D eigenvalue weighted by atomic mass is 9.76. The molecule has 0 amide bonds. The highest BCUT2D eigenvalue weighted by atomic mass is 79.9. The maximum absolute atomic E-state index is 11.9. The summed E-state index contributed by atoms with van der Waals surface area (Å²) in [4.78, 5) is 16.4. The van der Waals surface area contributed by atoms with E-state index in [-0.39, 0.29) is 25.3 Å². The predicted molar refractivity (Wildman–Crippen MR) is 154 cm³/mol. The first-order chi connectivity index (χ1) is 18.7. The normalized spacial score (nSPS) is 20.7. The van der Waals surface area contributed by atoms with Crippen LogP contribution in [-0.2, 0) is 9.53 Å². The summed E-state index contributed by atoms with van der Waals surface area (Å²) < 4.78 is 17.5. The van der Waals surface area contributed by atoms with Crippen LogP contribution in [0.5, 0.6) is 11.5 Å². The maximum Gasteiger partial charge on any atom is 0.322 e. The maximum atomic E-state index is 11.9. The number of hydrogen-bond acceptors (Lipinski definition) is 8. The number of esters is 1. The molecule has 0 radical (unpaired) electrons. The number of aromatic nitrogens is 1. The van der Waals surface area contributed by atoms with Crippen molar-refractivity contribution in [2.45, 2.75) is 44.8 Å². The van der Waals surface area contributed by atoms with E-state index in [0.29, 0.717) is 17.7 Å². The lowest BCUT2D eigenvalue weighted by Gasteiger charge is -2.38. The van der Waals surface area contributed by atoms with E-state index >= 15 is 0 Å². The van der Waals surface area contributed by atoms with Gasteiger partial charge in [0.05, 0.1) is 6.04 Å². The van der Waals surface area contributed by atoms with Crippen molar-refractivity contribution in [1.82, 2.24) is 10.4 Å². The lowest BCUT2D eigenvalue weighted by molar-refractivity contribution is -0.153. The summed E-state index contributed by atoms with van der Waals surface area (Å²) in [5.74, 6) is 2.57. The van der Waals surface area contributed by atoms with Gasteiger partial charge in [-0.05, 0) is 86.2 Å². The summed E-state index contributed by atoms with van der Waals surface area (Å²) in [5, 5.41) is 3.81. The van der Waals surface area contributed by atoms with Crippen LogP contribution in [-0.4, -0.2) is 29.9 Å². The van der Waals surface area contributed by atoms with Crippen LogP contribution in [0.2, 0.25) is 0 Å². The fourth-order valence-electron chi connectivity index (χ4n) is 5.48. The van der Waals surface area contributed by atoms with Crippen LogP contribution in [0.4, 0.5) is 11.5 Å². The van der Waals surface area contributed by atoms with Gasteiger partial charge in [0.15, 0.2) is 11.5 Å². The largest absolute Gasteiger partial charge is 0.459 e. The second kappa shape index (κ2) is 10.2. The smallest absolute Gasteiger partial charge is 0.322 e. The molecule has 0 saturated carbocycles. The van der Waals surface area contributed by atoms with Gasteiger partial charge in [0, 0.05) is 27.8 Å². The zero-order valence-corrected chi connectivity index (χ0v) is 23.7. The summed E-state index contributed by atoms with van der Waals surface area (Å²) in [5.41, 5.74) is 11.1. The van der Waals surface area contributed by atoms with Crippen molar-refractivity contribution in [1.29, 1.82) is 0 Å². The molecule has 3 aliphatic rings. The van der Waals surface area contributed by atoms with Gasteiger partial charge in [0.1, 0.15) is 18.0 Å². The Balaban J connectivity index is 1.18. The molecular weight excluding hydrogens is 560 g/mol. The summed E-state index contributed by atoms with van der Waals surface area (Å²) in [6.07, 6.45) is 7.47. The highest BCUT2D eigenvalue weighted by molar-refractivity contribution is 9.10. The van der Waals surface area contributed by atoms with Crippen LogP contribution >= 0.6 is 15.9 Å². The van der Waals surface area contributed by atoms with Crippen LogP contribution in [0.25, 0.3) is 11.1 Å². The SMILES string of the molecule is CC(C)(C)OC(=O)CNNc1ccc(-c2ccc3c(c2)C2C=CCC2C(c2cc4c(cc2Br)OCO4)N3)cn1. The molecule has 39 heavy (non-hydrogen) atoms. The Morgan fingerprint density at radius 2 is 1.90 bits per heavy atom. The molecule has 3 heterocycles. The molecule has 202 valence electrons. The first kappa shape index (κ1) is 25.7. The van der Waals surface area contributed by atoms with E-state index in [1.807, 2.05) is 45.2 Å². The third-order valence-electron chi connectivity index (χ3n) is 7.16. The Bertz CT molecular complexity index is 1430. The van der Waals surface area contributed by atoms with Crippen molar-refractivity contribution in [3.63, 3.8) is 0 Å². The van der Waals surface area contributed by atoms with E-state index in [9.17, 15) is 4.79 Å². The van der Waals surface area contributed by atoms with Crippen molar-refractivity contribution in [3.05, 3.63) is 76.4 Å². The van der Waals surface area contributed by atoms with E-state index in [4.69, 9.17) is 14.2 Å². The molecular formula is C30H31BrN4O4. The molecule has 8 nitrogen and oxygen atoms in total. The predicted octanol–water partition coefficient (Wildman–Crippen LogP) is 6.32. The van der Waals surface area contributed by atoms with Gasteiger partial charge in [-0.1, -0.05) is 34.1 Å². The number of halogens is 1. The number of ether oxygens (including phenoxy) is 3. The van der Waals surface area contributed by atoms with Crippen LogP contribution in [0.15, 0.2) is 65.3 Å². The number of benzene rings is 2. The number of anilines is 2. The molecule has 0 spiro atoms. The van der Waals surface area contributed by atoms with Gasteiger partial charge >= 0.3 is 5.97 Å². The number of pyridine rings is 1. The van der Waals surface area contributed by atoms with Crippen molar-refractivity contribution >= 4 is 33.4 Å². The number of carbonyl (C=O) groups excluding carboxylic acids is 1. The highest BCUT2D eigenvalue weighted by Gasteiger charge is 2.39. The Kier molecular flexibility index (Phi) is 6.72. The molecule has 3 unspecified atom stereocenters. The summed E-state index contributed by atoms with van der Waals surface area (Å²) >= 11 is 3.77. The van der Waals surface area contributed by atoms with Crippen molar-refractivity contribution in [3.8, 4) is 22.6 Å². The minimum atomic E-state index is -0.513. The van der Waals surface area contributed by atoms with Crippen LogP contribution in [0.3, 0.4) is 0 Å². The van der Waals surface area contributed by atoms with Crippen molar-refractivity contribution < 1.29 is 19.0 Å². The van der Waals surface area contributed by atoms with Gasteiger partial charge < -0.3 is 25.0 Å². The van der Waals surface area contributed by atoms with Crippen molar-refractivity contribution in [2.24, 2.45) is 5.92 Å². The molecule has 6 rings (SSSR count). The third-order valence-corrected chi connectivity index (χ3v) is 7.84. The van der Waals surface area contributed by atoms with Gasteiger partial charge in [-0.2, -0.15) is 0 Å². The van der Waals surface area contributed by atoms with Gasteiger partial charge in [0.25, 0.3) is 0 Å². The first-order valence-electron chi connectivity index (χ1n) is 13.1. The second-order valence-electron chi connectivity index (χ2n) is 11.0. The molecule has 1 aliphatic carbocycles. The monoisotopic (exact) mass is 590 g/mol. The molecule has 3 aromatic rings. The number of rotatable bonds is 6. The van der Waals surface area contributed by atoms with E-state index < -0.39 is 5.60 Å². The van der Waals surface area contributed by atoms with E-state index in [1.165, 1.54) is 11.1 Å². The molecule has 2 aliphatic heterocycles. The standard InChI is InChI=1S/C30H31BrN4O4/c1-30(2,3)39-28(36)15-33-35-27-10-8-18(14-32-27)17-7-9-24-21(11-17)19-5-4-6-20(19)29(34-24)22-12-25-26(13-23(22)31)38-16-37-25/h4-5,7-14,19-20,29,33-34H,6,15-16H2,1-3H3,(H,32,35). The van der Waals surface area contributed by atoms with Gasteiger partial charge in [0.2, 0.25) is 6.79 Å². The second-order valence-corrected chi connectivity index (χ2v) is 11.9. The molecule has 0 saturated heterocycles. The minimum Gasteiger partial charge on any atom is -0.459 e. The number of nitrogens with zero attached hydrogens (tertiary/aromatic N) is 1. The van der Waals surface area contributed by atoms with Crippen molar-refractivity contribution in [2.75, 3.05) is 24.1 Å². The third kappa shape index (κ3) is 5.33. The molecule has 9 heteroatoms. The average Bonchev–Trinajstić information content (AvgIpc) is 3.57. The van der Waals surface area contributed by atoms with E-state index in [0.717, 1.165) is 39.2 Å². The van der Waals surface area contributed by atoms with Gasteiger partial charge in [-0.3, -0.25) is 4.79 Å². The Labute approximate surface area is 236 Å².